The molecule has 2 aromatic rings. The molecule has 150 valence electrons. The van der Waals surface area contributed by atoms with Gasteiger partial charge in [0.25, 0.3) is 5.91 Å². The minimum Gasteiger partial charge on any atom is -0.493 e. The van der Waals surface area contributed by atoms with Crippen molar-refractivity contribution in [2.75, 3.05) is 38.2 Å². The van der Waals surface area contributed by atoms with Crippen LogP contribution in [0.5, 0.6) is 11.5 Å². The Balaban J connectivity index is 1.64. The van der Waals surface area contributed by atoms with E-state index in [9.17, 15) is 4.79 Å². The summed E-state index contributed by atoms with van der Waals surface area (Å²) in [5.74, 6) is 1.25. The Morgan fingerprint density at radius 1 is 1.11 bits per heavy atom. The summed E-state index contributed by atoms with van der Waals surface area (Å²) in [5, 5.41) is 0.732. The molecule has 1 amide bonds. The van der Waals surface area contributed by atoms with E-state index in [2.05, 4.69) is 11.8 Å². The topological polar surface area (TPSA) is 42.0 Å². The van der Waals surface area contributed by atoms with Crippen LogP contribution in [0.15, 0.2) is 42.5 Å². The van der Waals surface area contributed by atoms with Crippen LogP contribution in [0.2, 0.25) is 5.02 Å². The maximum Gasteiger partial charge on any atom is 0.263 e. The quantitative estimate of drug-likeness (QED) is 0.727. The van der Waals surface area contributed by atoms with E-state index in [0.717, 1.165) is 23.8 Å². The summed E-state index contributed by atoms with van der Waals surface area (Å²) in [6.07, 6.45) is 0.0839. The number of piperazine rings is 1. The van der Waals surface area contributed by atoms with Crippen molar-refractivity contribution < 1.29 is 14.3 Å². The first kappa shape index (κ1) is 20.3. The zero-order valence-electron chi connectivity index (χ0n) is 16.7. The number of carbonyl (C=O) groups is 1. The number of halogens is 1. The zero-order chi connectivity index (χ0) is 20.1. The van der Waals surface area contributed by atoms with Crippen molar-refractivity contribution in [1.82, 2.24) is 4.90 Å². The summed E-state index contributed by atoms with van der Waals surface area (Å²) in [7, 11) is 1.60. The van der Waals surface area contributed by atoms with Crippen molar-refractivity contribution in [3.05, 3.63) is 53.1 Å². The second-order valence-corrected chi connectivity index (χ2v) is 7.35. The van der Waals surface area contributed by atoms with E-state index >= 15 is 0 Å². The summed E-state index contributed by atoms with van der Waals surface area (Å²) in [4.78, 5) is 17.2. The number of aryl methyl sites for hydroxylation is 1. The van der Waals surface area contributed by atoms with Gasteiger partial charge in [-0.1, -0.05) is 36.7 Å². The third kappa shape index (κ3) is 4.53. The molecule has 1 atom stereocenters. The van der Waals surface area contributed by atoms with E-state index < -0.39 is 6.10 Å². The van der Waals surface area contributed by atoms with Crippen molar-refractivity contribution in [1.29, 1.82) is 0 Å². The van der Waals surface area contributed by atoms with Crippen LogP contribution >= 0.6 is 11.6 Å². The number of benzene rings is 2. The number of amides is 1. The van der Waals surface area contributed by atoms with Crippen LogP contribution in [0.4, 0.5) is 5.69 Å². The Morgan fingerprint density at radius 2 is 1.79 bits per heavy atom. The molecule has 1 fully saturated rings. The molecule has 1 aliphatic heterocycles. The molecule has 0 aliphatic carbocycles. The fraction of sp³-hybridized carbons (Fsp3) is 0.409. The third-order valence-electron chi connectivity index (χ3n) is 5.09. The molecule has 5 nitrogen and oxygen atoms in total. The van der Waals surface area contributed by atoms with Crippen LogP contribution < -0.4 is 14.4 Å². The minimum absolute atomic E-state index is 0.0240. The number of methoxy groups -OCH3 is 1. The van der Waals surface area contributed by atoms with Gasteiger partial charge in [-0.25, -0.2) is 0 Å². The van der Waals surface area contributed by atoms with Crippen LogP contribution in [0, 0.1) is 6.92 Å². The van der Waals surface area contributed by atoms with Gasteiger partial charge in [0.15, 0.2) is 17.6 Å². The van der Waals surface area contributed by atoms with Crippen molar-refractivity contribution in [3.8, 4) is 11.5 Å². The number of anilines is 1. The fourth-order valence-corrected chi connectivity index (χ4v) is 3.64. The SMILES string of the molecule is CC[C@@H](Oc1ccccc1OC)C(=O)N1CCN(c2cc(Cl)ccc2C)CC1. The highest BCUT2D eigenvalue weighted by atomic mass is 35.5. The Bertz CT molecular complexity index is 819. The highest BCUT2D eigenvalue weighted by Crippen LogP contribution is 2.28. The molecule has 0 aromatic heterocycles. The summed E-state index contributed by atoms with van der Waals surface area (Å²) < 4.78 is 11.3. The lowest BCUT2D eigenvalue weighted by molar-refractivity contribution is -0.139. The maximum absolute atomic E-state index is 13.0. The molecule has 3 rings (SSSR count). The minimum atomic E-state index is -0.518. The number of hydrogen-bond acceptors (Lipinski definition) is 4. The summed E-state index contributed by atoms with van der Waals surface area (Å²) in [5.41, 5.74) is 2.33. The fourth-order valence-electron chi connectivity index (χ4n) is 3.47. The monoisotopic (exact) mass is 402 g/mol. The molecule has 0 spiro atoms. The van der Waals surface area contributed by atoms with Crippen LogP contribution in [-0.2, 0) is 4.79 Å². The first-order chi connectivity index (χ1) is 13.5. The normalized spacial score (nSPS) is 15.3. The molecule has 28 heavy (non-hydrogen) atoms. The van der Waals surface area contributed by atoms with Gasteiger partial charge in [0.1, 0.15) is 0 Å². The van der Waals surface area contributed by atoms with Gasteiger partial charge >= 0.3 is 0 Å². The Kier molecular flexibility index (Phi) is 6.68. The summed E-state index contributed by atoms with van der Waals surface area (Å²) in [6.45, 7) is 6.92. The van der Waals surface area contributed by atoms with Gasteiger partial charge in [-0.15, -0.1) is 0 Å². The summed E-state index contributed by atoms with van der Waals surface area (Å²) in [6, 6.07) is 13.3. The Labute approximate surface area is 171 Å². The molecule has 0 saturated carbocycles. The second-order valence-electron chi connectivity index (χ2n) is 6.91. The van der Waals surface area contributed by atoms with E-state index in [1.165, 1.54) is 5.56 Å². The van der Waals surface area contributed by atoms with Crippen LogP contribution in [-0.4, -0.2) is 50.2 Å². The molecule has 2 aromatic carbocycles. The molecular weight excluding hydrogens is 376 g/mol. The molecule has 0 bridgehead atoms. The molecule has 0 N–H and O–H groups in total. The predicted molar refractivity (Wildman–Crippen MR) is 113 cm³/mol. The number of rotatable bonds is 6. The second kappa shape index (κ2) is 9.20. The van der Waals surface area contributed by atoms with Gasteiger partial charge in [0, 0.05) is 36.9 Å². The standard InChI is InChI=1S/C22H27ClN2O3/c1-4-19(28-21-8-6-5-7-20(21)27-3)22(26)25-13-11-24(12-14-25)18-15-17(23)10-9-16(18)2/h5-10,15,19H,4,11-14H2,1-3H3/t19-/m1/s1. The highest BCUT2D eigenvalue weighted by molar-refractivity contribution is 6.30. The molecule has 1 aliphatic rings. The van der Waals surface area contributed by atoms with Crippen molar-refractivity contribution in [2.24, 2.45) is 0 Å². The lowest BCUT2D eigenvalue weighted by atomic mass is 10.1. The van der Waals surface area contributed by atoms with E-state index in [4.69, 9.17) is 21.1 Å². The van der Waals surface area contributed by atoms with E-state index in [-0.39, 0.29) is 5.91 Å². The van der Waals surface area contributed by atoms with E-state index in [1.807, 2.05) is 54.3 Å². The third-order valence-corrected chi connectivity index (χ3v) is 5.32. The largest absolute Gasteiger partial charge is 0.493 e. The Hall–Kier alpha value is -2.40. The van der Waals surface area contributed by atoms with Gasteiger partial charge in [-0.2, -0.15) is 0 Å². The average molecular weight is 403 g/mol. The van der Waals surface area contributed by atoms with Crippen molar-refractivity contribution in [3.63, 3.8) is 0 Å². The molecular formula is C22H27ClN2O3. The van der Waals surface area contributed by atoms with E-state index in [0.29, 0.717) is 31.0 Å². The zero-order valence-corrected chi connectivity index (χ0v) is 17.4. The van der Waals surface area contributed by atoms with Gasteiger partial charge in [0.2, 0.25) is 0 Å². The Morgan fingerprint density at radius 3 is 2.43 bits per heavy atom. The van der Waals surface area contributed by atoms with Gasteiger partial charge in [-0.3, -0.25) is 4.79 Å². The molecule has 1 saturated heterocycles. The van der Waals surface area contributed by atoms with Gasteiger partial charge in [0.05, 0.1) is 7.11 Å². The molecule has 6 heteroatoms. The van der Waals surface area contributed by atoms with Gasteiger partial charge < -0.3 is 19.3 Å². The van der Waals surface area contributed by atoms with Crippen molar-refractivity contribution in [2.45, 2.75) is 26.4 Å². The summed E-state index contributed by atoms with van der Waals surface area (Å²) >= 11 is 6.16. The number of para-hydroxylation sites is 2. The number of ether oxygens (including phenoxy) is 2. The molecule has 0 radical (unpaired) electrons. The number of carbonyl (C=O) groups excluding carboxylic acids is 1. The van der Waals surface area contributed by atoms with Crippen LogP contribution in [0.1, 0.15) is 18.9 Å². The first-order valence-electron chi connectivity index (χ1n) is 9.63. The first-order valence-corrected chi connectivity index (χ1v) is 10.0. The lowest BCUT2D eigenvalue weighted by Gasteiger charge is -2.38. The van der Waals surface area contributed by atoms with Crippen LogP contribution in [0.25, 0.3) is 0 Å². The van der Waals surface area contributed by atoms with Crippen molar-refractivity contribution >= 4 is 23.2 Å². The maximum atomic E-state index is 13.0. The average Bonchev–Trinajstić information content (AvgIpc) is 2.73. The molecule has 1 heterocycles. The highest BCUT2D eigenvalue weighted by Gasteiger charge is 2.29. The van der Waals surface area contributed by atoms with Crippen LogP contribution in [0.3, 0.4) is 0 Å². The number of nitrogens with zero attached hydrogens (tertiary/aromatic N) is 2. The smallest absolute Gasteiger partial charge is 0.263 e. The van der Waals surface area contributed by atoms with Gasteiger partial charge in [-0.05, 0) is 43.2 Å². The number of hydrogen-bond donors (Lipinski definition) is 0. The van der Waals surface area contributed by atoms with E-state index in [1.54, 1.807) is 7.11 Å². The predicted octanol–water partition coefficient (Wildman–Crippen LogP) is 4.16. The lowest BCUT2D eigenvalue weighted by Crippen LogP contribution is -2.52. The molecule has 0 unspecified atom stereocenters.